The molecule has 6 rings (SSSR count). The summed E-state index contributed by atoms with van der Waals surface area (Å²) >= 11 is 0. The van der Waals surface area contributed by atoms with Gasteiger partial charge >= 0.3 is 0 Å². The van der Waals surface area contributed by atoms with E-state index in [1.165, 1.54) is 27.4 Å². The Bertz CT molecular complexity index is 1950. The van der Waals surface area contributed by atoms with Crippen molar-refractivity contribution in [2.45, 2.75) is 13.8 Å². The molecular weight excluding hydrogens is 486 g/mol. The summed E-state index contributed by atoms with van der Waals surface area (Å²) in [4.78, 5) is 10.0. The van der Waals surface area contributed by atoms with Crippen molar-refractivity contribution in [3.05, 3.63) is 168 Å². The van der Waals surface area contributed by atoms with Crippen LogP contribution in [0.2, 0.25) is 0 Å². The number of aliphatic imine (C=N–C) groups is 2. The fraction of sp³-hybridized carbons (Fsp3) is 0.0541. The molecule has 1 aliphatic rings. The molecule has 1 aliphatic carbocycles. The van der Waals surface area contributed by atoms with E-state index in [-0.39, 0.29) is 0 Å². The molecule has 0 amide bonds. The van der Waals surface area contributed by atoms with E-state index in [1.807, 2.05) is 55.5 Å². The molecule has 0 atom stereocenters. The molecule has 1 aromatic heterocycles. The Morgan fingerprint density at radius 2 is 1.52 bits per heavy atom. The van der Waals surface area contributed by atoms with Gasteiger partial charge in [0.2, 0.25) is 0 Å². The standard InChI is InChI=1S/C37H29N3/c1-26-22-23-36-34(24-26)33-20-11-12-21-35(33)40(36)32-19-13-18-31(25-32)37(39-28(3)30-16-9-6-10-17-30)38-27(2)29-14-7-4-5-8-15-29/h4,6-25H,2H2,1,3H3. The van der Waals surface area contributed by atoms with Crippen molar-refractivity contribution in [1.29, 1.82) is 0 Å². The average Bonchev–Trinajstić information content (AvgIpc) is 3.11. The lowest BCUT2D eigenvalue weighted by atomic mass is 10.1. The summed E-state index contributed by atoms with van der Waals surface area (Å²) in [5.74, 6) is 0.611. The number of aromatic nitrogens is 1. The highest BCUT2D eigenvalue weighted by Gasteiger charge is 2.14. The van der Waals surface area contributed by atoms with Crippen LogP contribution >= 0.6 is 0 Å². The maximum atomic E-state index is 5.05. The summed E-state index contributed by atoms with van der Waals surface area (Å²) in [6.45, 7) is 8.44. The van der Waals surface area contributed by atoms with E-state index in [9.17, 15) is 0 Å². The SMILES string of the molecule is C=C(N=C(N=C(C)c1ccccc1)c1cccc(-n2c3ccccc3c3cc(C)ccc32)c1)C1=CC=C=CC=C1. The first kappa shape index (κ1) is 25.1. The molecule has 4 aromatic carbocycles. The minimum atomic E-state index is 0.611. The summed E-state index contributed by atoms with van der Waals surface area (Å²) in [7, 11) is 0. The molecule has 3 nitrogen and oxygen atoms in total. The smallest absolute Gasteiger partial charge is 0.160 e. The van der Waals surface area contributed by atoms with Gasteiger partial charge in [0.15, 0.2) is 5.84 Å². The zero-order chi connectivity index (χ0) is 27.5. The Balaban J connectivity index is 1.52. The number of fused-ring (bicyclic) bond motifs is 3. The van der Waals surface area contributed by atoms with Gasteiger partial charge in [-0.05, 0) is 68.0 Å². The zero-order valence-corrected chi connectivity index (χ0v) is 22.7. The normalized spacial score (nSPS) is 13.6. The number of hydrogen-bond acceptors (Lipinski definition) is 1. The first-order valence-electron chi connectivity index (χ1n) is 13.4. The number of benzene rings is 4. The first-order chi connectivity index (χ1) is 19.6. The molecule has 0 aliphatic heterocycles. The molecule has 0 unspecified atom stereocenters. The topological polar surface area (TPSA) is 29.6 Å². The fourth-order valence-electron chi connectivity index (χ4n) is 5.05. The van der Waals surface area contributed by atoms with Crippen LogP contribution in [0.25, 0.3) is 27.5 Å². The number of amidine groups is 1. The monoisotopic (exact) mass is 515 g/mol. The molecular formula is C37H29N3. The van der Waals surface area contributed by atoms with Gasteiger partial charge in [-0.2, -0.15) is 0 Å². The van der Waals surface area contributed by atoms with Gasteiger partial charge in [0, 0.05) is 33.3 Å². The molecule has 0 N–H and O–H groups in total. The number of aryl methyl sites for hydroxylation is 1. The Kier molecular flexibility index (Phi) is 6.80. The lowest BCUT2D eigenvalue weighted by Gasteiger charge is -2.12. The van der Waals surface area contributed by atoms with Crippen molar-refractivity contribution in [1.82, 2.24) is 4.57 Å². The van der Waals surface area contributed by atoms with Crippen molar-refractivity contribution >= 4 is 33.4 Å². The van der Waals surface area contributed by atoms with E-state index in [2.05, 4.69) is 103 Å². The molecule has 0 fully saturated rings. The number of allylic oxidation sites excluding steroid dienone is 4. The van der Waals surface area contributed by atoms with Gasteiger partial charge in [0.1, 0.15) is 0 Å². The van der Waals surface area contributed by atoms with Crippen molar-refractivity contribution in [2.75, 3.05) is 0 Å². The summed E-state index contributed by atoms with van der Waals surface area (Å²) in [6.07, 6.45) is 9.64. The number of para-hydroxylation sites is 1. The summed E-state index contributed by atoms with van der Waals surface area (Å²) < 4.78 is 2.32. The highest BCUT2D eigenvalue weighted by molar-refractivity contribution is 6.13. The van der Waals surface area contributed by atoms with Crippen molar-refractivity contribution < 1.29 is 0 Å². The Morgan fingerprint density at radius 3 is 2.40 bits per heavy atom. The van der Waals surface area contributed by atoms with Crippen molar-refractivity contribution in [3.8, 4) is 5.69 Å². The fourth-order valence-corrected chi connectivity index (χ4v) is 5.05. The van der Waals surface area contributed by atoms with Gasteiger partial charge in [-0.3, -0.25) is 0 Å². The summed E-state index contributed by atoms with van der Waals surface area (Å²) in [6, 6.07) is 33.8. The van der Waals surface area contributed by atoms with Crippen LogP contribution in [-0.2, 0) is 0 Å². The molecule has 0 bridgehead atoms. The van der Waals surface area contributed by atoms with Gasteiger partial charge < -0.3 is 4.57 Å². The first-order valence-corrected chi connectivity index (χ1v) is 13.4. The molecule has 0 spiro atoms. The quantitative estimate of drug-likeness (QED) is 0.127. The predicted molar refractivity (Wildman–Crippen MR) is 170 cm³/mol. The summed E-state index contributed by atoms with van der Waals surface area (Å²) in [5.41, 5.74) is 12.1. The third kappa shape index (κ3) is 4.94. The predicted octanol–water partition coefficient (Wildman–Crippen LogP) is 9.07. The number of hydrogen-bond donors (Lipinski definition) is 0. The van der Waals surface area contributed by atoms with Crippen molar-refractivity contribution in [2.24, 2.45) is 9.98 Å². The molecule has 1 heterocycles. The molecule has 0 radical (unpaired) electrons. The van der Waals surface area contributed by atoms with Crippen molar-refractivity contribution in [3.63, 3.8) is 0 Å². The Morgan fingerprint density at radius 1 is 0.750 bits per heavy atom. The van der Waals surface area contributed by atoms with E-state index in [1.54, 1.807) is 0 Å². The van der Waals surface area contributed by atoms with E-state index in [0.717, 1.165) is 28.1 Å². The molecule has 192 valence electrons. The van der Waals surface area contributed by atoms with Gasteiger partial charge in [0.25, 0.3) is 0 Å². The highest BCUT2D eigenvalue weighted by Crippen LogP contribution is 2.33. The van der Waals surface area contributed by atoms with Crippen LogP contribution in [0.5, 0.6) is 0 Å². The Labute approximate surface area is 234 Å². The highest BCUT2D eigenvalue weighted by atomic mass is 15.0. The largest absolute Gasteiger partial charge is 0.309 e. The van der Waals surface area contributed by atoms with Crippen LogP contribution in [0.1, 0.15) is 23.6 Å². The second kappa shape index (κ2) is 10.9. The van der Waals surface area contributed by atoms with Crippen LogP contribution in [-0.4, -0.2) is 16.1 Å². The van der Waals surface area contributed by atoms with Crippen LogP contribution in [0.15, 0.2) is 161 Å². The van der Waals surface area contributed by atoms with Crippen LogP contribution < -0.4 is 0 Å². The van der Waals surface area contributed by atoms with E-state index < -0.39 is 0 Å². The maximum absolute atomic E-state index is 5.05. The number of nitrogens with zero attached hydrogens (tertiary/aromatic N) is 3. The molecule has 3 heteroatoms. The second-order valence-electron chi connectivity index (χ2n) is 9.85. The van der Waals surface area contributed by atoms with Gasteiger partial charge in [0.05, 0.1) is 16.7 Å². The number of rotatable bonds is 5. The third-order valence-electron chi connectivity index (χ3n) is 7.06. The average molecular weight is 516 g/mol. The minimum absolute atomic E-state index is 0.611. The van der Waals surface area contributed by atoms with E-state index >= 15 is 0 Å². The maximum Gasteiger partial charge on any atom is 0.160 e. The van der Waals surface area contributed by atoms with Gasteiger partial charge in [-0.25, -0.2) is 9.98 Å². The van der Waals surface area contributed by atoms with E-state index in [0.29, 0.717) is 11.5 Å². The third-order valence-corrected chi connectivity index (χ3v) is 7.06. The van der Waals surface area contributed by atoms with Crippen LogP contribution in [0.3, 0.4) is 0 Å². The minimum Gasteiger partial charge on any atom is -0.309 e. The van der Waals surface area contributed by atoms with Gasteiger partial charge in [-0.1, -0.05) is 91.0 Å². The van der Waals surface area contributed by atoms with Gasteiger partial charge in [-0.15, -0.1) is 5.73 Å². The molecule has 0 saturated heterocycles. The lowest BCUT2D eigenvalue weighted by Crippen LogP contribution is -2.06. The lowest BCUT2D eigenvalue weighted by molar-refractivity contribution is 1.17. The second-order valence-corrected chi connectivity index (χ2v) is 9.85. The van der Waals surface area contributed by atoms with Crippen LogP contribution in [0, 0.1) is 6.92 Å². The Hall–Kier alpha value is -5.24. The molecule has 40 heavy (non-hydrogen) atoms. The zero-order valence-electron chi connectivity index (χ0n) is 22.7. The molecule has 5 aromatic rings. The molecule has 0 saturated carbocycles. The van der Waals surface area contributed by atoms with Crippen LogP contribution in [0.4, 0.5) is 0 Å². The summed E-state index contributed by atoms with van der Waals surface area (Å²) in [5, 5.41) is 2.48. The van der Waals surface area contributed by atoms with E-state index in [4.69, 9.17) is 9.98 Å².